The number of hydrazone groups is 1. The van der Waals surface area contributed by atoms with E-state index in [-0.39, 0.29) is 11.0 Å². The monoisotopic (exact) mass is 154 g/mol. The van der Waals surface area contributed by atoms with Gasteiger partial charge in [-0.1, -0.05) is 13.8 Å². The van der Waals surface area contributed by atoms with E-state index in [9.17, 15) is 0 Å². The first-order valence-electron chi connectivity index (χ1n) is 4.09. The van der Waals surface area contributed by atoms with Crippen molar-refractivity contribution in [2.24, 2.45) is 10.5 Å². The molecule has 0 atom stereocenters. The van der Waals surface area contributed by atoms with Gasteiger partial charge in [-0.15, -0.1) is 0 Å². The SMILES string of the molecule is CC1=NN(C)C(C)(C)C1(C)C. The second-order valence-electron chi connectivity index (χ2n) is 4.39. The average Bonchev–Trinajstić information content (AvgIpc) is 1.95. The molecule has 1 rings (SSSR count). The fourth-order valence-corrected chi connectivity index (χ4v) is 1.32. The summed E-state index contributed by atoms with van der Waals surface area (Å²) in [5.74, 6) is 0. The molecule has 0 aromatic heterocycles. The van der Waals surface area contributed by atoms with Crippen LogP contribution in [0.1, 0.15) is 34.6 Å². The summed E-state index contributed by atoms with van der Waals surface area (Å²) in [5, 5.41) is 6.50. The van der Waals surface area contributed by atoms with E-state index in [4.69, 9.17) is 0 Å². The van der Waals surface area contributed by atoms with Gasteiger partial charge in [-0.25, -0.2) is 0 Å². The molecule has 0 N–H and O–H groups in total. The van der Waals surface area contributed by atoms with E-state index in [1.165, 1.54) is 5.71 Å². The Morgan fingerprint density at radius 2 is 1.64 bits per heavy atom. The predicted octanol–water partition coefficient (Wildman–Crippen LogP) is 2.11. The van der Waals surface area contributed by atoms with Crippen LogP contribution in [0.3, 0.4) is 0 Å². The summed E-state index contributed by atoms with van der Waals surface area (Å²) in [7, 11) is 2.04. The molecule has 11 heavy (non-hydrogen) atoms. The third-order valence-electron chi connectivity index (χ3n) is 3.54. The second kappa shape index (κ2) is 1.99. The van der Waals surface area contributed by atoms with E-state index in [1.807, 2.05) is 7.05 Å². The molecule has 2 heteroatoms. The summed E-state index contributed by atoms with van der Waals surface area (Å²) in [6.07, 6.45) is 0. The van der Waals surface area contributed by atoms with Gasteiger partial charge in [-0.2, -0.15) is 5.10 Å². The van der Waals surface area contributed by atoms with Gasteiger partial charge in [0.15, 0.2) is 0 Å². The summed E-state index contributed by atoms with van der Waals surface area (Å²) in [5.41, 5.74) is 1.57. The van der Waals surface area contributed by atoms with Crippen LogP contribution in [0.15, 0.2) is 5.10 Å². The van der Waals surface area contributed by atoms with Gasteiger partial charge in [0.2, 0.25) is 0 Å². The van der Waals surface area contributed by atoms with E-state index in [0.717, 1.165) is 0 Å². The predicted molar refractivity (Wildman–Crippen MR) is 48.7 cm³/mol. The zero-order valence-corrected chi connectivity index (χ0v) is 8.39. The second-order valence-corrected chi connectivity index (χ2v) is 4.39. The van der Waals surface area contributed by atoms with Crippen molar-refractivity contribution in [1.29, 1.82) is 0 Å². The van der Waals surface area contributed by atoms with Crippen LogP contribution in [0.5, 0.6) is 0 Å². The number of hydrogen-bond donors (Lipinski definition) is 0. The van der Waals surface area contributed by atoms with Gasteiger partial charge >= 0.3 is 0 Å². The van der Waals surface area contributed by atoms with Gasteiger partial charge in [0, 0.05) is 18.2 Å². The van der Waals surface area contributed by atoms with Gasteiger partial charge in [-0.3, -0.25) is 5.01 Å². The van der Waals surface area contributed by atoms with E-state index < -0.39 is 0 Å². The van der Waals surface area contributed by atoms with Crippen LogP contribution < -0.4 is 0 Å². The van der Waals surface area contributed by atoms with Crippen molar-refractivity contribution >= 4 is 5.71 Å². The lowest BCUT2D eigenvalue weighted by Gasteiger charge is -2.38. The van der Waals surface area contributed by atoms with Crippen LogP contribution in [0.4, 0.5) is 0 Å². The summed E-state index contributed by atoms with van der Waals surface area (Å²) in [6, 6.07) is 0. The molecule has 1 aliphatic heterocycles. The van der Waals surface area contributed by atoms with Gasteiger partial charge in [0.1, 0.15) is 0 Å². The Labute approximate surface area is 69.3 Å². The van der Waals surface area contributed by atoms with Gasteiger partial charge < -0.3 is 0 Å². The fourth-order valence-electron chi connectivity index (χ4n) is 1.32. The highest BCUT2D eigenvalue weighted by molar-refractivity contribution is 5.90. The molecular weight excluding hydrogens is 136 g/mol. The molecule has 0 unspecified atom stereocenters. The Bertz CT molecular complexity index is 202. The minimum absolute atomic E-state index is 0.150. The van der Waals surface area contributed by atoms with Crippen molar-refractivity contribution in [3.8, 4) is 0 Å². The standard InChI is InChI=1S/C9H18N2/c1-7-8(2,3)9(4,5)11(6)10-7/h1-6H3. The summed E-state index contributed by atoms with van der Waals surface area (Å²) in [4.78, 5) is 0. The van der Waals surface area contributed by atoms with Crippen LogP contribution in [0.25, 0.3) is 0 Å². The lowest BCUT2D eigenvalue weighted by atomic mass is 9.72. The lowest BCUT2D eigenvalue weighted by Crippen LogP contribution is -2.46. The maximum atomic E-state index is 4.44. The van der Waals surface area contributed by atoms with Crippen LogP contribution in [-0.2, 0) is 0 Å². The number of hydrogen-bond acceptors (Lipinski definition) is 2. The summed E-state index contributed by atoms with van der Waals surface area (Å²) < 4.78 is 0. The van der Waals surface area contributed by atoms with E-state index in [2.05, 4.69) is 44.7 Å². The van der Waals surface area contributed by atoms with Crippen LogP contribution in [-0.4, -0.2) is 23.3 Å². The number of nitrogens with zero attached hydrogens (tertiary/aromatic N) is 2. The van der Waals surface area contributed by atoms with E-state index in [1.54, 1.807) is 0 Å². The largest absolute Gasteiger partial charge is 0.294 e. The molecule has 0 radical (unpaired) electrons. The smallest absolute Gasteiger partial charge is 0.0623 e. The normalized spacial score (nSPS) is 27.1. The van der Waals surface area contributed by atoms with E-state index >= 15 is 0 Å². The Kier molecular flexibility index (Phi) is 1.55. The topological polar surface area (TPSA) is 15.6 Å². The van der Waals surface area contributed by atoms with Crippen molar-refractivity contribution in [1.82, 2.24) is 5.01 Å². The highest BCUT2D eigenvalue weighted by atomic mass is 15.5. The molecule has 2 nitrogen and oxygen atoms in total. The third kappa shape index (κ3) is 0.883. The summed E-state index contributed by atoms with van der Waals surface area (Å²) in [6.45, 7) is 11.1. The highest BCUT2D eigenvalue weighted by Gasteiger charge is 2.46. The minimum atomic E-state index is 0.150. The first kappa shape index (κ1) is 8.57. The molecular formula is C9H18N2. The molecule has 1 heterocycles. The van der Waals surface area contributed by atoms with Crippen molar-refractivity contribution in [2.75, 3.05) is 7.05 Å². The Balaban J connectivity index is 3.07. The Morgan fingerprint density at radius 3 is 1.73 bits per heavy atom. The van der Waals surface area contributed by atoms with Crippen molar-refractivity contribution in [3.63, 3.8) is 0 Å². The zero-order chi connectivity index (χ0) is 8.86. The third-order valence-corrected chi connectivity index (χ3v) is 3.54. The molecule has 0 saturated carbocycles. The molecule has 0 aliphatic carbocycles. The molecule has 0 bridgehead atoms. The minimum Gasteiger partial charge on any atom is -0.294 e. The van der Waals surface area contributed by atoms with E-state index in [0.29, 0.717) is 0 Å². The molecule has 0 fully saturated rings. The molecule has 64 valence electrons. The maximum absolute atomic E-state index is 4.44. The maximum Gasteiger partial charge on any atom is 0.0623 e. The number of rotatable bonds is 0. The van der Waals surface area contributed by atoms with Crippen molar-refractivity contribution in [3.05, 3.63) is 0 Å². The average molecular weight is 154 g/mol. The molecule has 1 aliphatic rings. The quantitative estimate of drug-likeness (QED) is 0.522. The zero-order valence-electron chi connectivity index (χ0n) is 8.39. The Hall–Kier alpha value is -0.530. The molecule has 0 amide bonds. The molecule has 0 spiro atoms. The Morgan fingerprint density at radius 1 is 1.18 bits per heavy atom. The van der Waals surface area contributed by atoms with Crippen LogP contribution >= 0.6 is 0 Å². The van der Waals surface area contributed by atoms with Gasteiger partial charge in [0.05, 0.1) is 5.54 Å². The first-order valence-corrected chi connectivity index (χ1v) is 4.09. The molecule has 0 saturated heterocycles. The van der Waals surface area contributed by atoms with Crippen molar-refractivity contribution in [2.45, 2.75) is 40.2 Å². The molecule has 0 aromatic rings. The van der Waals surface area contributed by atoms with Crippen LogP contribution in [0, 0.1) is 5.41 Å². The lowest BCUT2D eigenvalue weighted by molar-refractivity contribution is 0.109. The van der Waals surface area contributed by atoms with Crippen molar-refractivity contribution < 1.29 is 0 Å². The fraction of sp³-hybridized carbons (Fsp3) is 0.889. The first-order chi connectivity index (χ1) is 4.80. The van der Waals surface area contributed by atoms with Crippen LogP contribution in [0.2, 0.25) is 0 Å². The van der Waals surface area contributed by atoms with Gasteiger partial charge in [0.25, 0.3) is 0 Å². The highest BCUT2D eigenvalue weighted by Crippen LogP contribution is 2.41. The summed E-state index contributed by atoms with van der Waals surface area (Å²) >= 11 is 0. The molecule has 0 aromatic carbocycles. The van der Waals surface area contributed by atoms with Gasteiger partial charge in [-0.05, 0) is 20.8 Å².